The molecule has 3 heteroatoms. The van der Waals surface area contributed by atoms with Crippen LogP contribution in [0.4, 0.5) is 4.39 Å². The Morgan fingerprint density at radius 1 is 1.00 bits per heavy atom. The fourth-order valence-electron chi connectivity index (χ4n) is 2.63. The van der Waals surface area contributed by atoms with Crippen molar-refractivity contribution >= 4 is 6.29 Å². The third-order valence-corrected chi connectivity index (χ3v) is 3.87. The van der Waals surface area contributed by atoms with Crippen molar-refractivity contribution in [2.24, 2.45) is 0 Å². The van der Waals surface area contributed by atoms with Crippen molar-refractivity contribution in [2.45, 2.75) is 13.5 Å². The second-order valence-electron chi connectivity index (χ2n) is 5.60. The Balaban J connectivity index is 1.86. The maximum atomic E-state index is 13.3. The molecule has 0 unspecified atom stereocenters. The summed E-state index contributed by atoms with van der Waals surface area (Å²) in [6, 6.07) is 19.8. The summed E-state index contributed by atoms with van der Waals surface area (Å²) in [4.78, 5) is 11.4. The SMILES string of the molecule is Cc1cc(F)ccc1-c1ccc(OCc2ccccc2)c(C=O)c1. The molecule has 0 saturated heterocycles. The van der Waals surface area contributed by atoms with E-state index in [-0.39, 0.29) is 5.82 Å². The molecule has 3 rings (SSSR count). The molecule has 0 saturated carbocycles. The second-order valence-corrected chi connectivity index (χ2v) is 5.60. The number of aldehydes is 1. The highest BCUT2D eigenvalue weighted by molar-refractivity contribution is 5.83. The van der Waals surface area contributed by atoms with Crippen LogP contribution in [-0.4, -0.2) is 6.29 Å². The number of ether oxygens (including phenoxy) is 1. The molecule has 0 aromatic heterocycles. The molecule has 24 heavy (non-hydrogen) atoms. The van der Waals surface area contributed by atoms with Crippen molar-refractivity contribution in [3.63, 3.8) is 0 Å². The lowest BCUT2D eigenvalue weighted by atomic mass is 9.98. The quantitative estimate of drug-likeness (QED) is 0.605. The van der Waals surface area contributed by atoms with Crippen molar-refractivity contribution in [1.29, 1.82) is 0 Å². The van der Waals surface area contributed by atoms with Gasteiger partial charge in [-0.25, -0.2) is 4.39 Å². The number of benzene rings is 3. The minimum Gasteiger partial charge on any atom is -0.488 e. The number of hydrogen-bond acceptors (Lipinski definition) is 2. The van der Waals surface area contributed by atoms with E-state index in [1.165, 1.54) is 12.1 Å². The first-order chi connectivity index (χ1) is 11.7. The van der Waals surface area contributed by atoms with Gasteiger partial charge in [0.15, 0.2) is 6.29 Å². The zero-order chi connectivity index (χ0) is 16.9. The highest BCUT2D eigenvalue weighted by Crippen LogP contribution is 2.29. The lowest BCUT2D eigenvalue weighted by molar-refractivity contribution is 0.111. The fraction of sp³-hybridized carbons (Fsp3) is 0.0952. The highest BCUT2D eigenvalue weighted by Gasteiger charge is 2.09. The number of carbonyl (C=O) groups excluding carboxylic acids is 1. The molecule has 0 fully saturated rings. The predicted octanol–water partition coefficient (Wildman–Crippen LogP) is 5.19. The van der Waals surface area contributed by atoms with Gasteiger partial charge in [0.2, 0.25) is 0 Å². The predicted molar refractivity (Wildman–Crippen MR) is 92.7 cm³/mol. The summed E-state index contributed by atoms with van der Waals surface area (Å²) in [6.45, 7) is 2.25. The van der Waals surface area contributed by atoms with Crippen molar-refractivity contribution in [1.82, 2.24) is 0 Å². The number of aryl methyl sites for hydroxylation is 1. The van der Waals surface area contributed by atoms with Crippen molar-refractivity contribution < 1.29 is 13.9 Å². The monoisotopic (exact) mass is 320 g/mol. The summed E-state index contributed by atoms with van der Waals surface area (Å²) in [5.41, 5.74) is 4.10. The Morgan fingerprint density at radius 3 is 2.50 bits per heavy atom. The summed E-state index contributed by atoms with van der Waals surface area (Å²) < 4.78 is 19.0. The molecule has 3 aromatic carbocycles. The van der Waals surface area contributed by atoms with Crippen LogP contribution in [-0.2, 0) is 6.61 Å². The normalized spacial score (nSPS) is 10.4. The lowest BCUT2D eigenvalue weighted by Crippen LogP contribution is -1.98. The van der Waals surface area contributed by atoms with Crippen LogP contribution in [0.2, 0.25) is 0 Å². The summed E-state index contributed by atoms with van der Waals surface area (Å²) in [5, 5.41) is 0. The lowest BCUT2D eigenvalue weighted by Gasteiger charge is -2.12. The van der Waals surface area contributed by atoms with Gasteiger partial charge in [-0.3, -0.25) is 4.79 Å². The molecule has 0 heterocycles. The minimum absolute atomic E-state index is 0.269. The molecule has 2 nitrogen and oxygen atoms in total. The highest BCUT2D eigenvalue weighted by atomic mass is 19.1. The van der Waals surface area contributed by atoms with E-state index in [0.717, 1.165) is 28.5 Å². The molecule has 3 aromatic rings. The second kappa shape index (κ2) is 7.09. The molecule has 0 aliphatic heterocycles. The van der Waals surface area contributed by atoms with Gasteiger partial charge in [0.05, 0.1) is 5.56 Å². The molecule has 0 amide bonds. The Bertz CT molecular complexity index is 857. The maximum Gasteiger partial charge on any atom is 0.153 e. The molecular weight excluding hydrogens is 303 g/mol. The molecule has 0 radical (unpaired) electrons. The maximum absolute atomic E-state index is 13.3. The molecule has 0 aliphatic rings. The van der Waals surface area contributed by atoms with Crippen LogP contribution in [0.5, 0.6) is 5.75 Å². The minimum atomic E-state index is -0.269. The van der Waals surface area contributed by atoms with E-state index in [2.05, 4.69) is 0 Å². The number of carbonyl (C=O) groups is 1. The summed E-state index contributed by atoms with van der Waals surface area (Å²) in [6.07, 6.45) is 0.780. The van der Waals surface area contributed by atoms with E-state index >= 15 is 0 Å². The fourth-order valence-corrected chi connectivity index (χ4v) is 2.63. The largest absolute Gasteiger partial charge is 0.488 e. The molecule has 0 atom stereocenters. The molecule has 0 spiro atoms. The van der Waals surface area contributed by atoms with E-state index in [9.17, 15) is 9.18 Å². The van der Waals surface area contributed by atoms with Crippen molar-refractivity contribution in [3.8, 4) is 16.9 Å². The van der Waals surface area contributed by atoms with Crippen LogP contribution >= 0.6 is 0 Å². The first kappa shape index (κ1) is 15.9. The van der Waals surface area contributed by atoms with Gasteiger partial charge in [-0.15, -0.1) is 0 Å². The van der Waals surface area contributed by atoms with E-state index in [1.54, 1.807) is 18.2 Å². The van der Waals surface area contributed by atoms with Crippen molar-refractivity contribution in [3.05, 3.63) is 89.2 Å². The Labute approximate surface area is 140 Å². The Hall–Kier alpha value is -2.94. The van der Waals surface area contributed by atoms with Gasteiger partial charge in [0, 0.05) is 0 Å². The first-order valence-corrected chi connectivity index (χ1v) is 7.70. The van der Waals surface area contributed by atoms with Crippen molar-refractivity contribution in [2.75, 3.05) is 0 Å². The van der Waals surface area contributed by atoms with Gasteiger partial charge in [0.1, 0.15) is 18.2 Å². The van der Waals surface area contributed by atoms with E-state index in [0.29, 0.717) is 17.9 Å². The zero-order valence-corrected chi connectivity index (χ0v) is 13.3. The van der Waals surface area contributed by atoms with E-state index < -0.39 is 0 Å². The average molecular weight is 320 g/mol. The number of hydrogen-bond donors (Lipinski definition) is 0. The summed E-state index contributed by atoms with van der Waals surface area (Å²) in [7, 11) is 0. The number of halogens is 1. The van der Waals surface area contributed by atoms with Crippen LogP contribution in [0, 0.1) is 12.7 Å². The summed E-state index contributed by atoms with van der Waals surface area (Å²) in [5.74, 6) is 0.270. The molecule has 0 bridgehead atoms. The third-order valence-electron chi connectivity index (χ3n) is 3.87. The van der Waals surface area contributed by atoms with Gasteiger partial charge in [-0.1, -0.05) is 42.5 Å². The van der Waals surface area contributed by atoms with Crippen LogP contribution in [0.25, 0.3) is 11.1 Å². The van der Waals surface area contributed by atoms with Crippen LogP contribution < -0.4 is 4.74 Å². The van der Waals surface area contributed by atoms with Gasteiger partial charge < -0.3 is 4.74 Å². The average Bonchev–Trinajstić information content (AvgIpc) is 2.61. The smallest absolute Gasteiger partial charge is 0.153 e. The molecular formula is C21H17FO2. The van der Waals surface area contributed by atoms with E-state index in [4.69, 9.17) is 4.74 Å². The third kappa shape index (κ3) is 3.51. The zero-order valence-electron chi connectivity index (χ0n) is 13.3. The first-order valence-electron chi connectivity index (χ1n) is 7.70. The van der Waals surface area contributed by atoms with Gasteiger partial charge in [0.25, 0.3) is 0 Å². The molecule has 120 valence electrons. The van der Waals surface area contributed by atoms with Crippen LogP contribution in [0.15, 0.2) is 66.7 Å². The van der Waals surface area contributed by atoms with E-state index in [1.807, 2.05) is 43.3 Å². The number of rotatable bonds is 5. The van der Waals surface area contributed by atoms with Crippen LogP contribution in [0.3, 0.4) is 0 Å². The molecule has 0 N–H and O–H groups in total. The van der Waals surface area contributed by atoms with Crippen LogP contribution in [0.1, 0.15) is 21.5 Å². The topological polar surface area (TPSA) is 26.3 Å². The Morgan fingerprint density at radius 2 is 1.79 bits per heavy atom. The summed E-state index contributed by atoms with van der Waals surface area (Å²) >= 11 is 0. The van der Waals surface area contributed by atoms with Gasteiger partial charge in [-0.05, 0) is 53.4 Å². The standard InChI is InChI=1S/C21H17FO2/c1-15-11-19(22)8-9-20(15)17-7-10-21(18(12-17)13-23)24-14-16-5-3-2-4-6-16/h2-13H,14H2,1H3. The van der Waals surface area contributed by atoms with Gasteiger partial charge in [-0.2, -0.15) is 0 Å². The van der Waals surface area contributed by atoms with Gasteiger partial charge >= 0.3 is 0 Å². The Kier molecular flexibility index (Phi) is 4.71. The molecule has 0 aliphatic carbocycles.